The van der Waals surface area contributed by atoms with E-state index < -0.39 is 0 Å². The Labute approximate surface area is 84.8 Å². The van der Waals surface area contributed by atoms with Gasteiger partial charge in [0.15, 0.2) is 0 Å². The minimum Gasteiger partial charge on any atom is -0.486 e. The fraction of sp³-hybridized carbons (Fsp3) is 0.455. The molecule has 0 aliphatic rings. The Morgan fingerprint density at radius 3 is 2.79 bits per heavy atom. The second-order valence-electron chi connectivity index (χ2n) is 3.43. The fourth-order valence-corrected chi connectivity index (χ4v) is 1.23. The second-order valence-corrected chi connectivity index (χ2v) is 3.43. The largest absolute Gasteiger partial charge is 0.486 e. The molecule has 0 amide bonds. The first-order valence-corrected chi connectivity index (χ1v) is 4.65. The molecule has 1 unspecified atom stereocenters. The van der Waals surface area contributed by atoms with Crippen LogP contribution in [0.3, 0.4) is 0 Å². The summed E-state index contributed by atoms with van der Waals surface area (Å²) in [6, 6.07) is 5.74. The predicted molar refractivity (Wildman–Crippen MR) is 57.6 cm³/mol. The van der Waals surface area contributed by atoms with Gasteiger partial charge in [0.25, 0.3) is 0 Å². The van der Waals surface area contributed by atoms with E-state index in [0.717, 1.165) is 11.3 Å². The van der Waals surface area contributed by atoms with Crippen molar-refractivity contribution in [3.8, 4) is 5.75 Å². The van der Waals surface area contributed by atoms with Crippen molar-refractivity contribution in [1.29, 1.82) is 0 Å². The number of ether oxygens (including phenoxy) is 2. The second kappa shape index (κ2) is 4.86. The van der Waals surface area contributed by atoms with Crippen molar-refractivity contribution in [3.63, 3.8) is 0 Å². The Morgan fingerprint density at radius 1 is 1.43 bits per heavy atom. The number of nitrogens with two attached hydrogens (primary N) is 1. The summed E-state index contributed by atoms with van der Waals surface area (Å²) in [6.45, 7) is 4.52. The van der Waals surface area contributed by atoms with E-state index >= 15 is 0 Å². The zero-order chi connectivity index (χ0) is 10.6. The first-order chi connectivity index (χ1) is 6.63. The Morgan fingerprint density at radius 2 is 2.14 bits per heavy atom. The first kappa shape index (κ1) is 10.9. The molecule has 0 saturated heterocycles. The van der Waals surface area contributed by atoms with Gasteiger partial charge in [0.1, 0.15) is 11.9 Å². The van der Waals surface area contributed by atoms with E-state index in [2.05, 4.69) is 0 Å². The van der Waals surface area contributed by atoms with Crippen molar-refractivity contribution < 1.29 is 9.47 Å². The van der Waals surface area contributed by atoms with Crippen LogP contribution in [0.15, 0.2) is 18.2 Å². The lowest BCUT2D eigenvalue weighted by Gasteiger charge is -2.15. The third-order valence-corrected chi connectivity index (χ3v) is 1.90. The number of methoxy groups -OCH3 is 1. The molecular weight excluding hydrogens is 178 g/mol. The van der Waals surface area contributed by atoms with Crippen molar-refractivity contribution in [3.05, 3.63) is 23.8 Å². The number of nitrogen functional groups attached to an aromatic ring is 1. The van der Waals surface area contributed by atoms with Crippen LogP contribution < -0.4 is 10.5 Å². The van der Waals surface area contributed by atoms with E-state index in [-0.39, 0.29) is 6.10 Å². The highest BCUT2D eigenvalue weighted by atomic mass is 16.5. The van der Waals surface area contributed by atoms with Gasteiger partial charge in [0, 0.05) is 7.11 Å². The highest BCUT2D eigenvalue weighted by Gasteiger charge is 2.06. The zero-order valence-corrected chi connectivity index (χ0v) is 8.91. The van der Waals surface area contributed by atoms with Crippen LogP contribution in [0.5, 0.6) is 5.75 Å². The van der Waals surface area contributed by atoms with Crippen molar-refractivity contribution >= 4 is 5.69 Å². The molecular formula is C11H17NO2. The summed E-state index contributed by atoms with van der Waals surface area (Å²) in [5.74, 6) is 0.731. The minimum absolute atomic E-state index is 0.0177. The Kier molecular flexibility index (Phi) is 3.77. The Hall–Kier alpha value is -1.22. The van der Waals surface area contributed by atoms with Crippen LogP contribution in [-0.2, 0) is 4.74 Å². The van der Waals surface area contributed by atoms with E-state index in [0.29, 0.717) is 12.3 Å². The molecule has 14 heavy (non-hydrogen) atoms. The number of rotatable bonds is 4. The molecule has 78 valence electrons. The molecule has 0 saturated carbocycles. The van der Waals surface area contributed by atoms with Gasteiger partial charge in [0.05, 0.1) is 12.3 Å². The van der Waals surface area contributed by atoms with Gasteiger partial charge in [0.2, 0.25) is 0 Å². The highest BCUT2D eigenvalue weighted by molar-refractivity contribution is 5.53. The topological polar surface area (TPSA) is 44.5 Å². The summed E-state index contributed by atoms with van der Waals surface area (Å²) in [6.07, 6.45) is 0.0177. The van der Waals surface area contributed by atoms with Crippen LogP contribution in [0.1, 0.15) is 12.5 Å². The summed E-state index contributed by atoms with van der Waals surface area (Å²) in [7, 11) is 1.65. The molecule has 0 aromatic heterocycles. The molecule has 0 fully saturated rings. The SMILES string of the molecule is COCC(C)Oc1cc(C)ccc1N. The van der Waals surface area contributed by atoms with Crippen LogP contribution in [-0.4, -0.2) is 19.8 Å². The molecule has 1 rings (SSSR count). The predicted octanol–water partition coefficient (Wildman–Crippen LogP) is 1.99. The summed E-state index contributed by atoms with van der Waals surface area (Å²) < 4.78 is 10.6. The molecule has 0 aliphatic heterocycles. The molecule has 0 spiro atoms. The van der Waals surface area contributed by atoms with Gasteiger partial charge in [-0.05, 0) is 31.5 Å². The van der Waals surface area contributed by atoms with Gasteiger partial charge in [-0.2, -0.15) is 0 Å². The number of hydrogen-bond acceptors (Lipinski definition) is 3. The van der Waals surface area contributed by atoms with E-state index in [1.807, 2.05) is 32.0 Å². The molecule has 3 nitrogen and oxygen atoms in total. The molecule has 1 aromatic carbocycles. The smallest absolute Gasteiger partial charge is 0.142 e. The molecule has 0 heterocycles. The highest BCUT2D eigenvalue weighted by Crippen LogP contribution is 2.23. The Bertz CT molecular complexity index is 299. The Balaban J connectivity index is 2.70. The van der Waals surface area contributed by atoms with E-state index in [4.69, 9.17) is 15.2 Å². The summed E-state index contributed by atoms with van der Waals surface area (Å²) in [5.41, 5.74) is 7.57. The number of benzene rings is 1. The standard InChI is InChI=1S/C11H17NO2/c1-8-4-5-10(12)11(6-8)14-9(2)7-13-3/h4-6,9H,7,12H2,1-3H3. The average molecular weight is 195 g/mol. The maximum absolute atomic E-state index is 5.77. The molecule has 1 aromatic rings. The number of hydrogen-bond donors (Lipinski definition) is 1. The molecule has 2 N–H and O–H groups in total. The van der Waals surface area contributed by atoms with Gasteiger partial charge >= 0.3 is 0 Å². The summed E-state index contributed by atoms with van der Waals surface area (Å²) >= 11 is 0. The summed E-state index contributed by atoms with van der Waals surface area (Å²) in [5, 5.41) is 0. The lowest BCUT2D eigenvalue weighted by Crippen LogP contribution is -2.18. The van der Waals surface area contributed by atoms with E-state index in [9.17, 15) is 0 Å². The lowest BCUT2D eigenvalue weighted by atomic mass is 10.2. The molecule has 0 radical (unpaired) electrons. The third kappa shape index (κ3) is 2.92. The molecule has 0 bridgehead atoms. The van der Waals surface area contributed by atoms with Gasteiger partial charge < -0.3 is 15.2 Å². The lowest BCUT2D eigenvalue weighted by molar-refractivity contribution is 0.0925. The number of anilines is 1. The van der Waals surface area contributed by atoms with Crippen LogP contribution in [0.4, 0.5) is 5.69 Å². The van der Waals surface area contributed by atoms with E-state index in [1.165, 1.54) is 0 Å². The van der Waals surface area contributed by atoms with Crippen molar-refractivity contribution in [1.82, 2.24) is 0 Å². The molecule has 0 aliphatic carbocycles. The molecule has 1 atom stereocenters. The summed E-state index contributed by atoms with van der Waals surface area (Å²) in [4.78, 5) is 0. The van der Waals surface area contributed by atoms with Crippen molar-refractivity contribution in [2.75, 3.05) is 19.5 Å². The molecule has 3 heteroatoms. The van der Waals surface area contributed by atoms with Crippen molar-refractivity contribution in [2.45, 2.75) is 20.0 Å². The maximum Gasteiger partial charge on any atom is 0.142 e. The van der Waals surface area contributed by atoms with E-state index in [1.54, 1.807) is 7.11 Å². The maximum atomic E-state index is 5.77. The first-order valence-electron chi connectivity index (χ1n) is 4.65. The van der Waals surface area contributed by atoms with Crippen LogP contribution in [0.2, 0.25) is 0 Å². The van der Waals surface area contributed by atoms with Gasteiger partial charge in [-0.1, -0.05) is 6.07 Å². The minimum atomic E-state index is 0.0177. The fourth-order valence-electron chi connectivity index (χ4n) is 1.23. The van der Waals surface area contributed by atoms with Gasteiger partial charge in [-0.25, -0.2) is 0 Å². The monoisotopic (exact) mass is 195 g/mol. The quantitative estimate of drug-likeness (QED) is 0.747. The normalized spacial score (nSPS) is 12.5. The third-order valence-electron chi connectivity index (χ3n) is 1.90. The van der Waals surface area contributed by atoms with Gasteiger partial charge in [-0.15, -0.1) is 0 Å². The zero-order valence-electron chi connectivity index (χ0n) is 8.91. The van der Waals surface area contributed by atoms with Crippen LogP contribution >= 0.6 is 0 Å². The average Bonchev–Trinajstić information content (AvgIpc) is 2.12. The number of aryl methyl sites for hydroxylation is 1. The van der Waals surface area contributed by atoms with Crippen LogP contribution in [0, 0.1) is 6.92 Å². The van der Waals surface area contributed by atoms with Crippen LogP contribution in [0.25, 0.3) is 0 Å². The van der Waals surface area contributed by atoms with Gasteiger partial charge in [-0.3, -0.25) is 0 Å². The van der Waals surface area contributed by atoms with Crippen molar-refractivity contribution in [2.24, 2.45) is 0 Å².